The van der Waals surface area contributed by atoms with E-state index < -0.39 is 6.03 Å². The standard InChI is InChI=1S/C18H24N4O3/c1-14-4-3-5-15(10-14)11-20-6-8-21(9-7-20)16(23)13-22-17(24)12-19(2)18(22)25/h3-5,10H,6-9,11-13H2,1-2H3. The second-order valence-electron chi connectivity index (χ2n) is 6.76. The molecule has 2 aliphatic rings. The normalized spacial score (nSPS) is 19.0. The van der Waals surface area contributed by atoms with Crippen molar-refractivity contribution in [3.8, 4) is 0 Å². The van der Waals surface area contributed by atoms with Crippen LogP contribution in [0.3, 0.4) is 0 Å². The van der Waals surface area contributed by atoms with E-state index in [1.807, 2.05) is 0 Å². The molecule has 1 aromatic carbocycles. The van der Waals surface area contributed by atoms with Crippen LogP contribution in [0.5, 0.6) is 0 Å². The summed E-state index contributed by atoms with van der Waals surface area (Å²) in [5.74, 6) is -0.467. The summed E-state index contributed by atoms with van der Waals surface area (Å²) in [5.41, 5.74) is 2.52. The first-order valence-electron chi connectivity index (χ1n) is 8.55. The lowest BCUT2D eigenvalue weighted by Crippen LogP contribution is -2.51. The largest absolute Gasteiger partial charge is 0.339 e. The van der Waals surface area contributed by atoms with Crippen molar-refractivity contribution in [1.29, 1.82) is 0 Å². The Labute approximate surface area is 147 Å². The molecule has 0 radical (unpaired) electrons. The quantitative estimate of drug-likeness (QED) is 0.748. The fraction of sp³-hybridized carbons (Fsp3) is 0.500. The molecule has 25 heavy (non-hydrogen) atoms. The van der Waals surface area contributed by atoms with Crippen molar-refractivity contribution in [2.24, 2.45) is 0 Å². The molecule has 0 bridgehead atoms. The summed E-state index contributed by atoms with van der Waals surface area (Å²) in [7, 11) is 1.56. The lowest BCUT2D eigenvalue weighted by atomic mass is 10.1. The van der Waals surface area contributed by atoms with Gasteiger partial charge >= 0.3 is 6.03 Å². The number of urea groups is 1. The van der Waals surface area contributed by atoms with Crippen molar-refractivity contribution in [3.63, 3.8) is 0 Å². The molecule has 2 saturated heterocycles. The number of likely N-dealkylation sites (N-methyl/N-ethyl adjacent to an activating group) is 1. The van der Waals surface area contributed by atoms with Crippen LogP contribution in [0.15, 0.2) is 24.3 Å². The molecule has 0 aliphatic carbocycles. The fourth-order valence-electron chi connectivity index (χ4n) is 3.28. The van der Waals surface area contributed by atoms with Gasteiger partial charge in [0.25, 0.3) is 5.91 Å². The SMILES string of the molecule is Cc1cccc(CN2CCN(C(=O)CN3C(=O)CN(C)C3=O)CC2)c1. The third-order valence-electron chi connectivity index (χ3n) is 4.74. The summed E-state index contributed by atoms with van der Waals surface area (Å²) >= 11 is 0. The van der Waals surface area contributed by atoms with Crippen LogP contribution in [0.4, 0.5) is 4.79 Å². The van der Waals surface area contributed by atoms with Gasteiger partial charge in [0.1, 0.15) is 13.1 Å². The highest BCUT2D eigenvalue weighted by Gasteiger charge is 2.36. The zero-order chi connectivity index (χ0) is 18.0. The van der Waals surface area contributed by atoms with E-state index in [2.05, 4.69) is 36.1 Å². The molecule has 2 heterocycles. The zero-order valence-electron chi connectivity index (χ0n) is 14.8. The summed E-state index contributed by atoms with van der Waals surface area (Å²) < 4.78 is 0. The maximum Gasteiger partial charge on any atom is 0.327 e. The molecule has 0 aromatic heterocycles. The number of imide groups is 1. The van der Waals surface area contributed by atoms with E-state index in [0.717, 1.165) is 24.5 Å². The number of carbonyl (C=O) groups is 3. The van der Waals surface area contributed by atoms with Crippen molar-refractivity contribution in [3.05, 3.63) is 35.4 Å². The lowest BCUT2D eigenvalue weighted by Gasteiger charge is -2.35. The Hall–Kier alpha value is -2.41. The Kier molecular flexibility index (Phi) is 5.03. The summed E-state index contributed by atoms with van der Waals surface area (Å²) in [5, 5.41) is 0. The Morgan fingerprint density at radius 2 is 1.84 bits per heavy atom. The van der Waals surface area contributed by atoms with E-state index in [4.69, 9.17) is 0 Å². The average Bonchev–Trinajstić information content (AvgIpc) is 2.82. The van der Waals surface area contributed by atoms with Gasteiger partial charge in [-0.3, -0.25) is 19.4 Å². The Bertz CT molecular complexity index is 683. The molecule has 7 nitrogen and oxygen atoms in total. The van der Waals surface area contributed by atoms with Crippen molar-refractivity contribution >= 4 is 17.8 Å². The van der Waals surface area contributed by atoms with Crippen LogP contribution in [0.1, 0.15) is 11.1 Å². The van der Waals surface area contributed by atoms with Crippen LogP contribution < -0.4 is 0 Å². The summed E-state index contributed by atoms with van der Waals surface area (Å²) in [4.78, 5) is 42.5. The third-order valence-corrected chi connectivity index (χ3v) is 4.74. The van der Waals surface area contributed by atoms with Gasteiger partial charge in [0, 0.05) is 39.8 Å². The second-order valence-corrected chi connectivity index (χ2v) is 6.76. The Morgan fingerprint density at radius 1 is 1.12 bits per heavy atom. The molecule has 0 saturated carbocycles. The number of piperazine rings is 1. The monoisotopic (exact) mass is 344 g/mol. The number of aryl methyl sites for hydroxylation is 1. The zero-order valence-corrected chi connectivity index (χ0v) is 14.8. The topological polar surface area (TPSA) is 64.2 Å². The number of hydrogen-bond acceptors (Lipinski definition) is 4. The molecule has 0 spiro atoms. The molecule has 3 rings (SSSR count). The highest BCUT2D eigenvalue weighted by molar-refractivity contribution is 6.04. The van der Waals surface area contributed by atoms with Gasteiger partial charge in [0.15, 0.2) is 0 Å². The van der Waals surface area contributed by atoms with E-state index in [9.17, 15) is 14.4 Å². The maximum absolute atomic E-state index is 12.4. The highest BCUT2D eigenvalue weighted by Crippen LogP contribution is 2.12. The minimum Gasteiger partial charge on any atom is -0.339 e. The lowest BCUT2D eigenvalue weighted by molar-refractivity contribution is -0.137. The number of amides is 4. The van der Waals surface area contributed by atoms with Gasteiger partial charge < -0.3 is 9.80 Å². The predicted molar refractivity (Wildman–Crippen MR) is 92.8 cm³/mol. The summed E-state index contributed by atoms with van der Waals surface area (Å²) in [6.45, 7) is 5.68. The van der Waals surface area contributed by atoms with E-state index in [-0.39, 0.29) is 24.9 Å². The number of carbonyl (C=O) groups excluding carboxylic acids is 3. The Morgan fingerprint density at radius 3 is 2.44 bits per heavy atom. The predicted octanol–water partition coefficient (Wildman–Crippen LogP) is 0.533. The average molecular weight is 344 g/mol. The number of hydrogen-bond donors (Lipinski definition) is 0. The van der Waals surface area contributed by atoms with Crippen molar-refractivity contribution in [2.45, 2.75) is 13.5 Å². The van der Waals surface area contributed by atoms with Crippen molar-refractivity contribution in [2.75, 3.05) is 46.3 Å². The van der Waals surface area contributed by atoms with Gasteiger partial charge in [-0.25, -0.2) is 4.79 Å². The van der Waals surface area contributed by atoms with Gasteiger partial charge in [-0.05, 0) is 12.5 Å². The minimum atomic E-state index is -0.392. The van der Waals surface area contributed by atoms with Gasteiger partial charge in [0.2, 0.25) is 5.91 Å². The molecule has 7 heteroatoms. The number of benzene rings is 1. The van der Waals surface area contributed by atoms with E-state index in [1.54, 1.807) is 11.9 Å². The van der Waals surface area contributed by atoms with E-state index in [1.165, 1.54) is 16.0 Å². The van der Waals surface area contributed by atoms with Crippen LogP contribution in [0, 0.1) is 6.92 Å². The smallest absolute Gasteiger partial charge is 0.327 e. The molecule has 0 atom stereocenters. The van der Waals surface area contributed by atoms with Crippen LogP contribution in [-0.2, 0) is 16.1 Å². The van der Waals surface area contributed by atoms with Crippen molar-refractivity contribution in [1.82, 2.24) is 19.6 Å². The van der Waals surface area contributed by atoms with Crippen LogP contribution in [0.25, 0.3) is 0 Å². The van der Waals surface area contributed by atoms with Gasteiger partial charge in [-0.1, -0.05) is 29.8 Å². The minimum absolute atomic E-state index is 0.0520. The maximum atomic E-state index is 12.4. The van der Waals surface area contributed by atoms with E-state index >= 15 is 0 Å². The Balaban J connectivity index is 1.49. The first kappa shape index (κ1) is 17.4. The molecule has 2 aliphatic heterocycles. The summed E-state index contributed by atoms with van der Waals surface area (Å²) in [6.07, 6.45) is 0. The van der Waals surface area contributed by atoms with Gasteiger partial charge in [-0.15, -0.1) is 0 Å². The molecular formula is C18H24N4O3. The van der Waals surface area contributed by atoms with Crippen LogP contribution >= 0.6 is 0 Å². The number of rotatable bonds is 4. The molecule has 2 fully saturated rings. The molecule has 134 valence electrons. The third kappa shape index (κ3) is 3.99. The number of nitrogens with zero attached hydrogens (tertiary/aromatic N) is 4. The molecule has 4 amide bonds. The molecular weight excluding hydrogens is 320 g/mol. The van der Waals surface area contributed by atoms with Crippen molar-refractivity contribution < 1.29 is 14.4 Å². The van der Waals surface area contributed by atoms with Gasteiger partial charge in [-0.2, -0.15) is 0 Å². The van der Waals surface area contributed by atoms with E-state index in [0.29, 0.717) is 13.1 Å². The first-order chi connectivity index (χ1) is 11.9. The summed E-state index contributed by atoms with van der Waals surface area (Å²) in [6, 6.07) is 8.05. The second kappa shape index (κ2) is 7.23. The van der Waals surface area contributed by atoms with Gasteiger partial charge in [0.05, 0.1) is 0 Å². The van der Waals surface area contributed by atoms with Crippen LogP contribution in [0.2, 0.25) is 0 Å². The first-order valence-corrected chi connectivity index (χ1v) is 8.55. The molecule has 1 aromatic rings. The van der Waals surface area contributed by atoms with Crippen LogP contribution in [-0.4, -0.2) is 83.8 Å². The fourth-order valence-corrected chi connectivity index (χ4v) is 3.28. The molecule has 0 unspecified atom stereocenters. The molecule has 0 N–H and O–H groups in total. The highest BCUT2D eigenvalue weighted by atomic mass is 16.2.